The van der Waals surface area contributed by atoms with Crippen molar-refractivity contribution in [1.29, 1.82) is 0 Å². The largest absolute Gasteiger partial charge is 0.385 e. The Balaban J connectivity index is 2.52. The van der Waals surface area contributed by atoms with E-state index >= 15 is 0 Å². The molecule has 5 nitrogen and oxygen atoms in total. The van der Waals surface area contributed by atoms with Crippen LogP contribution in [0, 0.1) is 0 Å². The van der Waals surface area contributed by atoms with Crippen LogP contribution >= 0.6 is 0 Å². The van der Waals surface area contributed by atoms with Gasteiger partial charge in [-0.3, -0.25) is 0 Å². The lowest BCUT2D eigenvalue weighted by molar-refractivity contribution is -0.0154. The van der Waals surface area contributed by atoms with Crippen molar-refractivity contribution >= 4 is 5.95 Å². The van der Waals surface area contributed by atoms with Crippen LogP contribution in [0.1, 0.15) is 0 Å². The van der Waals surface area contributed by atoms with Gasteiger partial charge in [-0.2, -0.15) is 0 Å². The first-order valence-electron chi connectivity index (χ1n) is 3.20. The molecule has 3 N–H and O–H groups in total. The fraction of sp³-hybridized carbons (Fsp3) is 0.600. The number of aliphatic hydroxyl groups excluding tert-OH is 1. The van der Waals surface area contributed by atoms with Crippen LogP contribution in [0.4, 0.5) is 14.7 Å². The molecule has 0 aromatic carbocycles. The van der Waals surface area contributed by atoms with E-state index in [1.165, 1.54) is 6.33 Å². The molecule has 0 saturated carbocycles. The van der Waals surface area contributed by atoms with E-state index in [-0.39, 0.29) is 12.5 Å². The lowest BCUT2D eigenvalue weighted by Crippen LogP contribution is -2.24. The summed E-state index contributed by atoms with van der Waals surface area (Å²) in [6.07, 6.45) is -3.33. The first kappa shape index (κ1) is 8.85. The van der Waals surface area contributed by atoms with Crippen molar-refractivity contribution in [2.45, 2.75) is 19.1 Å². The molecule has 1 rings (SSSR count). The topological polar surface area (TPSA) is 77.0 Å². The van der Waals surface area contributed by atoms with Gasteiger partial charge in [-0.15, -0.1) is 5.10 Å². The number of nitrogens with two attached hydrogens (primary N) is 1. The maximum atomic E-state index is 11.8. The maximum Gasteiger partial charge on any atom is 0.265 e. The number of alkyl halides is 2. The molecule has 0 radical (unpaired) electrons. The molecule has 0 aliphatic carbocycles. The molecule has 0 aliphatic heterocycles. The predicted octanol–water partition coefficient (Wildman–Crippen LogP) is -0.514. The van der Waals surface area contributed by atoms with E-state index in [0.717, 1.165) is 4.68 Å². The lowest BCUT2D eigenvalue weighted by Gasteiger charge is -2.07. The Kier molecular flexibility index (Phi) is 2.54. The van der Waals surface area contributed by atoms with Gasteiger partial charge in [0.1, 0.15) is 12.4 Å². The second-order valence-electron chi connectivity index (χ2n) is 2.23. The fourth-order valence-electron chi connectivity index (χ4n) is 0.668. The molecular weight excluding hydrogens is 170 g/mol. The minimum Gasteiger partial charge on any atom is -0.385 e. The van der Waals surface area contributed by atoms with E-state index in [0.29, 0.717) is 0 Å². The summed E-state index contributed by atoms with van der Waals surface area (Å²) in [7, 11) is 0. The Morgan fingerprint density at radius 2 is 2.33 bits per heavy atom. The second-order valence-corrected chi connectivity index (χ2v) is 2.23. The van der Waals surface area contributed by atoms with Gasteiger partial charge >= 0.3 is 0 Å². The summed E-state index contributed by atoms with van der Waals surface area (Å²) in [5.41, 5.74) is 5.12. The van der Waals surface area contributed by atoms with E-state index < -0.39 is 12.5 Å². The van der Waals surface area contributed by atoms with Gasteiger partial charge in [0.15, 0.2) is 0 Å². The van der Waals surface area contributed by atoms with Gasteiger partial charge in [0.2, 0.25) is 5.95 Å². The third-order valence-electron chi connectivity index (χ3n) is 1.22. The highest BCUT2D eigenvalue weighted by Crippen LogP contribution is 2.02. The predicted molar refractivity (Wildman–Crippen MR) is 36.4 cm³/mol. The van der Waals surface area contributed by atoms with Crippen LogP contribution in [0.15, 0.2) is 6.33 Å². The van der Waals surface area contributed by atoms with Crippen LogP contribution in [-0.2, 0) is 6.54 Å². The Bertz CT molecular complexity index is 251. The van der Waals surface area contributed by atoms with Crippen LogP contribution < -0.4 is 5.73 Å². The quantitative estimate of drug-likeness (QED) is 0.653. The molecule has 0 fully saturated rings. The lowest BCUT2D eigenvalue weighted by atomic mass is 10.4. The summed E-state index contributed by atoms with van der Waals surface area (Å²) in [6.45, 7) is -0.304. The van der Waals surface area contributed by atoms with Crippen molar-refractivity contribution in [2.24, 2.45) is 0 Å². The maximum absolute atomic E-state index is 11.8. The highest BCUT2D eigenvalue weighted by Gasteiger charge is 2.17. The molecule has 0 spiro atoms. The van der Waals surface area contributed by atoms with Crippen molar-refractivity contribution in [1.82, 2.24) is 14.8 Å². The van der Waals surface area contributed by atoms with E-state index in [9.17, 15) is 8.78 Å². The number of nitrogen functional groups attached to an aromatic ring is 1. The molecule has 1 aromatic heterocycles. The SMILES string of the molecule is Nc1ncn(CC(O)C(F)F)n1. The first-order valence-corrected chi connectivity index (χ1v) is 3.20. The van der Waals surface area contributed by atoms with E-state index in [1.807, 2.05) is 0 Å². The number of aromatic nitrogens is 3. The first-order chi connectivity index (χ1) is 5.59. The molecule has 0 bridgehead atoms. The van der Waals surface area contributed by atoms with Crippen molar-refractivity contribution in [2.75, 3.05) is 5.73 Å². The summed E-state index contributed by atoms with van der Waals surface area (Å²) in [5.74, 6) is -0.00327. The van der Waals surface area contributed by atoms with Crippen molar-refractivity contribution in [3.63, 3.8) is 0 Å². The van der Waals surface area contributed by atoms with Gasteiger partial charge in [-0.1, -0.05) is 0 Å². The average molecular weight is 178 g/mol. The molecule has 1 unspecified atom stereocenters. The molecule has 1 heterocycles. The summed E-state index contributed by atoms with van der Waals surface area (Å²) < 4.78 is 24.6. The number of halogens is 2. The minimum atomic E-state index is -2.78. The van der Waals surface area contributed by atoms with E-state index in [1.54, 1.807) is 0 Å². The molecule has 68 valence electrons. The van der Waals surface area contributed by atoms with Gasteiger partial charge < -0.3 is 10.8 Å². The normalized spacial score (nSPS) is 13.7. The number of hydrogen-bond donors (Lipinski definition) is 2. The van der Waals surface area contributed by atoms with Gasteiger partial charge in [0.05, 0.1) is 6.54 Å². The van der Waals surface area contributed by atoms with Crippen LogP contribution in [0.5, 0.6) is 0 Å². The molecule has 0 saturated heterocycles. The summed E-state index contributed by atoms with van der Waals surface area (Å²) in [5, 5.41) is 12.2. The molecule has 12 heavy (non-hydrogen) atoms. The molecule has 7 heteroatoms. The fourth-order valence-corrected chi connectivity index (χ4v) is 0.668. The van der Waals surface area contributed by atoms with Crippen LogP contribution in [0.3, 0.4) is 0 Å². The summed E-state index contributed by atoms with van der Waals surface area (Å²) in [4.78, 5) is 3.50. The average Bonchev–Trinajstić information content (AvgIpc) is 2.35. The van der Waals surface area contributed by atoms with E-state index in [2.05, 4.69) is 10.1 Å². The zero-order chi connectivity index (χ0) is 9.14. The summed E-state index contributed by atoms with van der Waals surface area (Å²) in [6, 6.07) is 0. The molecule has 1 aromatic rings. The molecule has 1 atom stereocenters. The van der Waals surface area contributed by atoms with Gasteiger partial charge in [0.25, 0.3) is 6.43 Å². The smallest absolute Gasteiger partial charge is 0.265 e. The Morgan fingerprint density at radius 3 is 2.75 bits per heavy atom. The summed E-state index contributed by atoms with van der Waals surface area (Å²) >= 11 is 0. The van der Waals surface area contributed by atoms with Crippen LogP contribution in [0.25, 0.3) is 0 Å². The van der Waals surface area contributed by atoms with Crippen molar-refractivity contribution < 1.29 is 13.9 Å². The number of hydrogen-bond acceptors (Lipinski definition) is 4. The van der Waals surface area contributed by atoms with Crippen molar-refractivity contribution in [3.05, 3.63) is 6.33 Å². The highest BCUT2D eigenvalue weighted by molar-refractivity contribution is 5.09. The zero-order valence-corrected chi connectivity index (χ0v) is 6.06. The Hall–Kier alpha value is -1.24. The monoisotopic (exact) mass is 178 g/mol. The number of nitrogens with zero attached hydrogens (tertiary/aromatic N) is 3. The third-order valence-corrected chi connectivity index (χ3v) is 1.22. The van der Waals surface area contributed by atoms with Crippen LogP contribution in [0.2, 0.25) is 0 Å². The van der Waals surface area contributed by atoms with Gasteiger partial charge in [-0.05, 0) is 0 Å². The standard InChI is InChI=1S/C5H8F2N4O/c6-4(7)3(12)1-11-2-9-5(8)10-11/h2-4,12H,1H2,(H2,8,10). The zero-order valence-electron chi connectivity index (χ0n) is 6.06. The molecular formula is C5H8F2N4O. The number of anilines is 1. The third kappa shape index (κ3) is 2.12. The van der Waals surface area contributed by atoms with E-state index in [4.69, 9.17) is 10.8 Å². The molecule has 0 amide bonds. The number of aliphatic hydroxyl groups is 1. The second kappa shape index (κ2) is 3.44. The molecule has 0 aliphatic rings. The van der Waals surface area contributed by atoms with Gasteiger partial charge in [0, 0.05) is 0 Å². The van der Waals surface area contributed by atoms with Gasteiger partial charge in [-0.25, -0.2) is 18.4 Å². The number of rotatable bonds is 3. The Labute approximate surface area is 66.8 Å². The highest BCUT2D eigenvalue weighted by atomic mass is 19.3. The van der Waals surface area contributed by atoms with Crippen LogP contribution in [-0.4, -0.2) is 32.4 Å². The Morgan fingerprint density at radius 1 is 1.67 bits per heavy atom. The minimum absolute atomic E-state index is 0.00327. The van der Waals surface area contributed by atoms with Crippen molar-refractivity contribution in [3.8, 4) is 0 Å².